The van der Waals surface area contributed by atoms with Crippen LogP contribution in [0.3, 0.4) is 0 Å². The summed E-state index contributed by atoms with van der Waals surface area (Å²) in [5.41, 5.74) is 0.330. The molecule has 0 atom stereocenters. The number of ether oxygens (including phenoxy) is 1. The Balaban J connectivity index is 2.88. The van der Waals surface area contributed by atoms with Crippen molar-refractivity contribution in [2.24, 2.45) is 0 Å². The van der Waals surface area contributed by atoms with Crippen molar-refractivity contribution in [2.75, 3.05) is 6.61 Å². The monoisotopic (exact) mass is 184 g/mol. The molecule has 0 saturated heterocycles. The fourth-order valence-electron chi connectivity index (χ4n) is 0.697. The Hall–Kier alpha value is -1.23. The molecule has 5 heteroatoms. The number of esters is 1. The lowest BCUT2D eigenvalue weighted by atomic mass is 10.4. The SMILES string of the molecule is CCOC(=O)c1ccnc(=S)[nH]1. The minimum absolute atomic E-state index is 0.278. The molecule has 0 radical (unpaired) electrons. The van der Waals surface area contributed by atoms with E-state index in [9.17, 15) is 4.79 Å². The fourth-order valence-corrected chi connectivity index (χ4v) is 0.867. The summed E-state index contributed by atoms with van der Waals surface area (Å²) in [6.45, 7) is 2.09. The molecule has 1 N–H and O–H groups in total. The van der Waals surface area contributed by atoms with Gasteiger partial charge in [-0.05, 0) is 25.2 Å². The maximum atomic E-state index is 11.1. The van der Waals surface area contributed by atoms with Crippen LogP contribution in [0.15, 0.2) is 12.3 Å². The first-order chi connectivity index (χ1) is 5.74. The van der Waals surface area contributed by atoms with E-state index in [1.165, 1.54) is 12.3 Å². The first-order valence-electron chi connectivity index (χ1n) is 3.46. The highest BCUT2D eigenvalue weighted by Gasteiger charge is 2.04. The number of aromatic nitrogens is 2. The summed E-state index contributed by atoms with van der Waals surface area (Å²) in [7, 11) is 0. The van der Waals surface area contributed by atoms with Gasteiger partial charge in [-0.2, -0.15) is 0 Å². The molecule has 0 unspecified atom stereocenters. The number of rotatable bonds is 2. The van der Waals surface area contributed by atoms with Gasteiger partial charge in [-0.15, -0.1) is 0 Å². The summed E-state index contributed by atoms with van der Waals surface area (Å²) in [4.78, 5) is 17.4. The Morgan fingerprint density at radius 1 is 1.83 bits per heavy atom. The number of carbonyl (C=O) groups excluding carboxylic acids is 1. The normalized spacial score (nSPS) is 9.42. The van der Waals surface area contributed by atoms with Crippen LogP contribution in [0.2, 0.25) is 0 Å². The quantitative estimate of drug-likeness (QED) is 0.556. The average molecular weight is 184 g/mol. The largest absolute Gasteiger partial charge is 0.461 e. The molecule has 64 valence electrons. The Morgan fingerprint density at radius 3 is 3.17 bits per heavy atom. The van der Waals surface area contributed by atoms with Gasteiger partial charge in [0.1, 0.15) is 5.69 Å². The highest BCUT2D eigenvalue weighted by atomic mass is 32.1. The maximum absolute atomic E-state index is 11.1. The van der Waals surface area contributed by atoms with Crippen LogP contribution < -0.4 is 0 Å². The summed E-state index contributed by atoms with van der Waals surface area (Å²) in [6.07, 6.45) is 1.46. The molecule has 0 fully saturated rings. The Morgan fingerprint density at radius 2 is 2.58 bits per heavy atom. The molecule has 0 saturated carbocycles. The highest BCUT2D eigenvalue weighted by molar-refractivity contribution is 7.71. The molecule has 1 rings (SSSR count). The van der Waals surface area contributed by atoms with Crippen molar-refractivity contribution in [1.82, 2.24) is 9.97 Å². The Labute approximate surface area is 74.6 Å². The number of hydrogen-bond acceptors (Lipinski definition) is 4. The molecule has 0 aliphatic heterocycles. The third-order valence-electron chi connectivity index (χ3n) is 1.17. The molecule has 0 bridgehead atoms. The van der Waals surface area contributed by atoms with E-state index in [1.807, 2.05) is 0 Å². The Kier molecular flexibility index (Phi) is 2.93. The first kappa shape index (κ1) is 8.86. The summed E-state index contributed by atoms with van der Waals surface area (Å²) >= 11 is 4.73. The van der Waals surface area contributed by atoms with Crippen molar-refractivity contribution in [3.8, 4) is 0 Å². The van der Waals surface area contributed by atoms with E-state index in [-0.39, 0.29) is 4.77 Å². The second-order valence-electron chi connectivity index (χ2n) is 2.01. The van der Waals surface area contributed by atoms with E-state index in [0.29, 0.717) is 12.3 Å². The van der Waals surface area contributed by atoms with Gasteiger partial charge < -0.3 is 9.72 Å². The molecule has 4 nitrogen and oxygen atoms in total. The third kappa shape index (κ3) is 2.13. The molecule has 1 heterocycles. The first-order valence-corrected chi connectivity index (χ1v) is 3.87. The number of hydrogen-bond donors (Lipinski definition) is 1. The number of carbonyl (C=O) groups is 1. The van der Waals surface area contributed by atoms with E-state index in [0.717, 1.165) is 0 Å². The van der Waals surface area contributed by atoms with Gasteiger partial charge in [0.15, 0.2) is 4.77 Å². The molecular formula is C7H8N2O2S. The summed E-state index contributed by atoms with van der Waals surface area (Å²) < 4.78 is 5.02. The minimum Gasteiger partial charge on any atom is -0.461 e. The van der Waals surface area contributed by atoms with Crippen LogP contribution in [0, 0.1) is 4.77 Å². The zero-order chi connectivity index (χ0) is 8.97. The molecule has 0 spiro atoms. The van der Waals surface area contributed by atoms with Crippen LogP contribution in [0.4, 0.5) is 0 Å². The van der Waals surface area contributed by atoms with Crippen molar-refractivity contribution in [3.05, 3.63) is 22.7 Å². The van der Waals surface area contributed by atoms with Crippen LogP contribution in [-0.4, -0.2) is 22.5 Å². The van der Waals surface area contributed by atoms with Crippen LogP contribution in [-0.2, 0) is 4.74 Å². The number of nitrogens with zero attached hydrogens (tertiary/aromatic N) is 1. The molecule has 0 aromatic carbocycles. The predicted octanol–water partition coefficient (Wildman–Crippen LogP) is 1.32. The Bertz CT molecular complexity index is 334. The molecule has 0 aliphatic carbocycles. The van der Waals surface area contributed by atoms with Crippen molar-refractivity contribution in [2.45, 2.75) is 6.92 Å². The van der Waals surface area contributed by atoms with Crippen LogP contribution >= 0.6 is 12.2 Å². The van der Waals surface area contributed by atoms with Gasteiger partial charge >= 0.3 is 5.97 Å². The van der Waals surface area contributed by atoms with Crippen molar-refractivity contribution < 1.29 is 9.53 Å². The zero-order valence-corrected chi connectivity index (χ0v) is 7.35. The lowest BCUT2D eigenvalue weighted by Gasteiger charge is -1.99. The van der Waals surface area contributed by atoms with Crippen LogP contribution in [0.1, 0.15) is 17.4 Å². The molecule has 12 heavy (non-hydrogen) atoms. The minimum atomic E-state index is -0.411. The molecule has 1 aromatic heterocycles. The summed E-state index contributed by atoms with van der Waals surface area (Å²) in [5.74, 6) is -0.411. The number of nitrogens with one attached hydrogen (secondary N) is 1. The lowest BCUT2D eigenvalue weighted by Crippen LogP contribution is -2.07. The smallest absolute Gasteiger partial charge is 0.354 e. The van der Waals surface area contributed by atoms with Gasteiger partial charge in [-0.3, -0.25) is 0 Å². The second kappa shape index (κ2) is 3.96. The van der Waals surface area contributed by atoms with E-state index in [2.05, 4.69) is 9.97 Å². The van der Waals surface area contributed by atoms with Crippen molar-refractivity contribution in [1.29, 1.82) is 0 Å². The number of aromatic amines is 1. The summed E-state index contributed by atoms with van der Waals surface area (Å²) in [5, 5.41) is 0. The van der Waals surface area contributed by atoms with E-state index in [4.69, 9.17) is 17.0 Å². The number of H-pyrrole nitrogens is 1. The van der Waals surface area contributed by atoms with Crippen molar-refractivity contribution in [3.63, 3.8) is 0 Å². The zero-order valence-electron chi connectivity index (χ0n) is 6.53. The molecule has 0 aliphatic rings. The van der Waals surface area contributed by atoms with Gasteiger partial charge in [-0.25, -0.2) is 9.78 Å². The molecule has 1 aromatic rings. The van der Waals surface area contributed by atoms with Gasteiger partial charge in [0.25, 0.3) is 0 Å². The lowest BCUT2D eigenvalue weighted by molar-refractivity contribution is 0.0519. The second-order valence-corrected chi connectivity index (χ2v) is 2.40. The van der Waals surface area contributed by atoms with Gasteiger partial charge in [0.05, 0.1) is 6.61 Å². The summed E-state index contributed by atoms with van der Waals surface area (Å²) in [6, 6.07) is 1.52. The highest BCUT2D eigenvalue weighted by Crippen LogP contribution is 1.95. The van der Waals surface area contributed by atoms with E-state index < -0.39 is 5.97 Å². The average Bonchev–Trinajstić information content (AvgIpc) is 2.05. The van der Waals surface area contributed by atoms with Crippen molar-refractivity contribution >= 4 is 18.2 Å². The molecule has 0 amide bonds. The van der Waals surface area contributed by atoms with Crippen LogP contribution in [0.25, 0.3) is 0 Å². The standard InChI is InChI=1S/C7H8N2O2S/c1-2-11-6(10)5-3-4-8-7(12)9-5/h3-4H,2H2,1H3,(H,8,9,12). The van der Waals surface area contributed by atoms with Gasteiger partial charge in [-0.1, -0.05) is 0 Å². The predicted molar refractivity (Wildman–Crippen MR) is 45.4 cm³/mol. The molecular weight excluding hydrogens is 176 g/mol. The van der Waals surface area contributed by atoms with Gasteiger partial charge in [0.2, 0.25) is 0 Å². The third-order valence-corrected chi connectivity index (χ3v) is 1.38. The fraction of sp³-hybridized carbons (Fsp3) is 0.286. The van der Waals surface area contributed by atoms with Gasteiger partial charge in [0, 0.05) is 6.20 Å². The van der Waals surface area contributed by atoms with Crippen LogP contribution in [0.5, 0.6) is 0 Å². The van der Waals surface area contributed by atoms with E-state index >= 15 is 0 Å². The topological polar surface area (TPSA) is 55.0 Å². The maximum Gasteiger partial charge on any atom is 0.354 e. The van der Waals surface area contributed by atoms with E-state index in [1.54, 1.807) is 6.92 Å².